The SMILES string of the molecule is C=CC(=O)O[C@H](c1ccccc1)C1OC(C)(C)O[C@H]1[C@H](OC)c1ccccc1.CO[C@H](c1ccccc1)C1OC(C)(C)O[C@H]1[C@H](O)c1ccccc1. The molecule has 2 heterocycles. The molecule has 0 bridgehead atoms. The van der Waals surface area contributed by atoms with Crippen molar-refractivity contribution in [3.05, 3.63) is 156 Å². The number of hydrogen-bond acceptors (Lipinski definition) is 9. The van der Waals surface area contributed by atoms with Gasteiger partial charge in [-0.3, -0.25) is 0 Å². The zero-order valence-corrected chi connectivity index (χ0v) is 30.7. The molecule has 0 aliphatic carbocycles. The van der Waals surface area contributed by atoms with Crippen LogP contribution in [0.15, 0.2) is 134 Å². The van der Waals surface area contributed by atoms with E-state index in [1.165, 1.54) is 0 Å². The van der Waals surface area contributed by atoms with Crippen molar-refractivity contribution in [3.8, 4) is 0 Å². The van der Waals surface area contributed by atoms with Gasteiger partial charge in [0.1, 0.15) is 42.7 Å². The second-order valence-corrected chi connectivity index (χ2v) is 13.6. The van der Waals surface area contributed by atoms with Gasteiger partial charge in [-0.2, -0.15) is 0 Å². The van der Waals surface area contributed by atoms with E-state index in [2.05, 4.69) is 6.58 Å². The highest BCUT2D eigenvalue weighted by Crippen LogP contribution is 2.44. The number of methoxy groups -OCH3 is 2. The molecule has 52 heavy (non-hydrogen) atoms. The van der Waals surface area contributed by atoms with Gasteiger partial charge in [-0.25, -0.2) is 4.79 Å². The first-order valence-electron chi connectivity index (χ1n) is 17.4. The van der Waals surface area contributed by atoms with Gasteiger partial charge in [0.05, 0.1) is 0 Å². The monoisotopic (exact) mass is 710 g/mol. The minimum atomic E-state index is -0.853. The Hall–Kier alpha value is -4.19. The van der Waals surface area contributed by atoms with Crippen LogP contribution in [0.1, 0.15) is 74.4 Å². The third-order valence-corrected chi connectivity index (χ3v) is 8.98. The zero-order chi connectivity index (χ0) is 37.3. The van der Waals surface area contributed by atoms with Crippen molar-refractivity contribution in [2.24, 2.45) is 0 Å². The molecule has 2 saturated heterocycles. The summed E-state index contributed by atoms with van der Waals surface area (Å²) in [7, 11) is 3.29. The van der Waals surface area contributed by atoms with E-state index in [-0.39, 0.29) is 12.2 Å². The van der Waals surface area contributed by atoms with Crippen molar-refractivity contribution in [1.29, 1.82) is 0 Å². The summed E-state index contributed by atoms with van der Waals surface area (Å²) >= 11 is 0. The lowest BCUT2D eigenvalue weighted by molar-refractivity contribution is -0.170. The van der Waals surface area contributed by atoms with E-state index in [1.54, 1.807) is 14.2 Å². The lowest BCUT2D eigenvalue weighted by atomic mass is 9.93. The summed E-state index contributed by atoms with van der Waals surface area (Å²) in [4.78, 5) is 12.1. The van der Waals surface area contributed by atoms with Gasteiger partial charge in [-0.15, -0.1) is 0 Å². The van der Waals surface area contributed by atoms with Gasteiger partial charge in [0.2, 0.25) is 0 Å². The van der Waals surface area contributed by atoms with Crippen molar-refractivity contribution in [1.82, 2.24) is 0 Å². The molecule has 2 aliphatic rings. The molecule has 1 N–H and O–H groups in total. The van der Waals surface area contributed by atoms with Crippen LogP contribution < -0.4 is 0 Å². The van der Waals surface area contributed by atoms with Gasteiger partial charge < -0.3 is 38.3 Å². The second kappa shape index (κ2) is 17.6. The quantitative estimate of drug-likeness (QED) is 0.116. The molecule has 0 amide bonds. The molecular weight excluding hydrogens is 660 g/mol. The summed E-state index contributed by atoms with van der Waals surface area (Å²) in [6.07, 6.45) is -3.00. The van der Waals surface area contributed by atoms with Gasteiger partial charge in [0.25, 0.3) is 0 Å². The maximum Gasteiger partial charge on any atom is 0.330 e. The first-order valence-corrected chi connectivity index (χ1v) is 17.4. The molecule has 4 aromatic rings. The van der Waals surface area contributed by atoms with Crippen LogP contribution in [0.4, 0.5) is 0 Å². The zero-order valence-electron chi connectivity index (χ0n) is 30.7. The Bertz CT molecular complexity index is 1680. The van der Waals surface area contributed by atoms with Crippen LogP contribution in [0, 0.1) is 0 Å². The number of hydrogen-bond donors (Lipinski definition) is 1. The molecule has 276 valence electrons. The Balaban J connectivity index is 0.000000203. The van der Waals surface area contributed by atoms with Crippen molar-refractivity contribution in [3.63, 3.8) is 0 Å². The molecule has 0 radical (unpaired) electrons. The maximum absolute atomic E-state index is 12.1. The average molecular weight is 711 g/mol. The van der Waals surface area contributed by atoms with Gasteiger partial charge >= 0.3 is 5.97 Å². The Morgan fingerprint density at radius 3 is 1.25 bits per heavy atom. The minimum Gasteiger partial charge on any atom is -0.451 e. The summed E-state index contributed by atoms with van der Waals surface area (Å²) in [6.45, 7) is 10.9. The van der Waals surface area contributed by atoms with E-state index in [0.29, 0.717) is 0 Å². The molecule has 8 atom stereocenters. The van der Waals surface area contributed by atoms with E-state index < -0.39 is 54.2 Å². The van der Waals surface area contributed by atoms with Gasteiger partial charge in [-0.1, -0.05) is 128 Å². The van der Waals surface area contributed by atoms with Gasteiger partial charge in [0.15, 0.2) is 17.7 Å². The first-order chi connectivity index (χ1) is 25.0. The fourth-order valence-corrected chi connectivity index (χ4v) is 6.77. The van der Waals surface area contributed by atoms with Crippen LogP contribution in [0.2, 0.25) is 0 Å². The molecule has 0 aromatic heterocycles. The van der Waals surface area contributed by atoms with E-state index in [4.69, 9.17) is 33.2 Å². The fourth-order valence-electron chi connectivity index (χ4n) is 6.77. The lowest BCUT2D eigenvalue weighted by Crippen LogP contribution is -2.37. The number of aliphatic hydroxyl groups is 1. The Morgan fingerprint density at radius 1 is 0.577 bits per heavy atom. The number of rotatable bonds is 12. The van der Waals surface area contributed by atoms with E-state index in [9.17, 15) is 9.90 Å². The molecule has 9 heteroatoms. The minimum absolute atomic E-state index is 0.323. The number of carbonyl (C=O) groups is 1. The third kappa shape index (κ3) is 9.61. The standard InChI is InChI=1S/C23H26O5.C20H24O4/c1-5-18(24)26-20(17-14-10-7-11-15-17)22-21(27-23(2,3)28-22)19(25-4)16-12-8-6-9-13-16;1-20(2)23-18(16(21)14-10-6-4-7-11-14)19(24-20)17(22-3)15-12-8-5-9-13-15/h5-15,19-22H,1H2,2-4H3;4-13,16-19,21H,1-3H3/t19-,20-,21+,22?;16-,17-,18+,19?/m11/s1. The van der Waals surface area contributed by atoms with Crippen LogP contribution >= 0.6 is 0 Å². The first kappa shape index (κ1) is 39.0. The van der Waals surface area contributed by atoms with E-state index in [1.807, 2.05) is 149 Å². The Kier molecular flexibility index (Phi) is 13.2. The van der Waals surface area contributed by atoms with E-state index >= 15 is 0 Å². The van der Waals surface area contributed by atoms with E-state index in [0.717, 1.165) is 28.3 Å². The van der Waals surface area contributed by atoms with Crippen LogP contribution in [-0.2, 0) is 38.0 Å². The molecule has 6 rings (SSSR count). The molecule has 2 fully saturated rings. The summed E-state index contributed by atoms with van der Waals surface area (Å²) < 4.78 is 41.8. The lowest BCUT2D eigenvalue weighted by Gasteiger charge is -2.30. The highest BCUT2D eigenvalue weighted by atomic mass is 16.8. The molecule has 0 spiro atoms. The Morgan fingerprint density at radius 2 is 0.885 bits per heavy atom. The molecule has 2 unspecified atom stereocenters. The van der Waals surface area contributed by atoms with Crippen LogP contribution in [-0.4, -0.2) is 61.3 Å². The topological polar surface area (TPSA) is 102 Å². The average Bonchev–Trinajstić information content (AvgIpc) is 3.66. The third-order valence-electron chi connectivity index (χ3n) is 8.98. The fraction of sp³-hybridized carbons (Fsp3) is 0.372. The van der Waals surface area contributed by atoms with Crippen molar-refractivity contribution in [2.45, 2.75) is 88.1 Å². The number of aliphatic hydroxyl groups excluding tert-OH is 1. The molecular formula is C43H50O9. The highest BCUT2D eigenvalue weighted by molar-refractivity contribution is 5.81. The van der Waals surface area contributed by atoms with Crippen LogP contribution in [0.25, 0.3) is 0 Å². The van der Waals surface area contributed by atoms with Gasteiger partial charge in [0, 0.05) is 20.3 Å². The number of ether oxygens (including phenoxy) is 7. The highest BCUT2D eigenvalue weighted by Gasteiger charge is 2.51. The largest absolute Gasteiger partial charge is 0.451 e. The van der Waals surface area contributed by atoms with Crippen LogP contribution in [0.3, 0.4) is 0 Å². The maximum atomic E-state index is 12.1. The number of esters is 1. The van der Waals surface area contributed by atoms with Crippen LogP contribution in [0.5, 0.6) is 0 Å². The molecule has 9 nitrogen and oxygen atoms in total. The summed E-state index contributed by atoms with van der Waals surface area (Å²) in [5.74, 6) is -2.15. The normalized spacial score (nSPS) is 24.1. The number of benzene rings is 4. The summed E-state index contributed by atoms with van der Waals surface area (Å²) in [5.41, 5.74) is 3.58. The predicted octanol–water partition coefficient (Wildman–Crippen LogP) is 7.99. The molecule has 4 aromatic carbocycles. The van der Waals surface area contributed by atoms with Crippen molar-refractivity contribution < 1.29 is 43.1 Å². The smallest absolute Gasteiger partial charge is 0.330 e. The second-order valence-electron chi connectivity index (χ2n) is 13.6. The number of carbonyl (C=O) groups excluding carboxylic acids is 1. The molecule has 2 aliphatic heterocycles. The van der Waals surface area contributed by atoms with Gasteiger partial charge in [-0.05, 0) is 49.9 Å². The molecule has 0 saturated carbocycles. The van der Waals surface area contributed by atoms with Crippen molar-refractivity contribution in [2.75, 3.05) is 14.2 Å². The summed E-state index contributed by atoms with van der Waals surface area (Å²) in [6, 6.07) is 38.7. The predicted molar refractivity (Wildman–Crippen MR) is 197 cm³/mol. The summed E-state index contributed by atoms with van der Waals surface area (Å²) in [5, 5.41) is 10.9. The van der Waals surface area contributed by atoms with Crippen molar-refractivity contribution >= 4 is 5.97 Å². The Labute approximate surface area is 307 Å².